The van der Waals surface area contributed by atoms with Crippen LogP contribution in [0.25, 0.3) is 11.3 Å². The first-order chi connectivity index (χ1) is 9.16. The van der Waals surface area contributed by atoms with Crippen LogP contribution >= 0.6 is 12.4 Å². The van der Waals surface area contributed by atoms with Crippen LogP contribution in [0.4, 0.5) is 13.2 Å². The minimum absolute atomic E-state index is 0. The number of hydrogen-bond acceptors (Lipinski definition) is 2. The summed E-state index contributed by atoms with van der Waals surface area (Å²) >= 11 is 0. The number of halogens is 4. The van der Waals surface area contributed by atoms with E-state index in [2.05, 4.69) is 10.3 Å². The van der Waals surface area contributed by atoms with Gasteiger partial charge >= 0.3 is 0 Å². The van der Waals surface area contributed by atoms with Crippen molar-refractivity contribution in [1.82, 2.24) is 10.3 Å². The van der Waals surface area contributed by atoms with Gasteiger partial charge in [-0.25, -0.2) is 13.2 Å². The van der Waals surface area contributed by atoms with Gasteiger partial charge in [-0.2, -0.15) is 0 Å². The van der Waals surface area contributed by atoms with Crippen LogP contribution < -0.4 is 5.32 Å². The lowest BCUT2D eigenvalue weighted by Crippen LogP contribution is -2.25. The van der Waals surface area contributed by atoms with Crippen LogP contribution in [0.1, 0.15) is 11.1 Å². The van der Waals surface area contributed by atoms with Crippen LogP contribution in [0.15, 0.2) is 24.4 Å². The van der Waals surface area contributed by atoms with Crippen molar-refractivity contribution in [1.29, 1.82) is 0 Å². The lowest BCUT2D eigenvalue weighted by atomic mass is 9.93. The number of pyridine rings is 1. The largest absolute Gasteiger partial charge is 0.312 e. The molecular weight excluding hydrogens is 289 g/mol. The molecule has 0 aliphatic carbocycles. The Morgan fingerprint density at radius 3 is 2.60 bits per heavy atom. The van der Waals surface area contributed by atoms with E-state index in [0.717, 1.165) is 12.3 Å². The highest BCUT2D eigenvalue weighted by atomic mass is 35.5. The van der Waals surface area contributed by atoms with Crippen LogP contribution in [0, 0.1) is 17.5 Å². The quantitative estimate of drug-likeness (QED) is 0.874. The molecule has 3 rings (SSSR count). The topological polar surface area (TPSA) is 24.9 Å². The number of hydrogen-bond donors (Lipinski definition) is 1. The van der Waals surface area contributed by atoms with Gasteiger partial charge in [-0.15, -0.1) is 12.4 Å². The zero-order valence-electron chi connectivity index (χ0n) is 10.4. The molecule has 106 valence electrons. The van der Waals surface area contributed by atoms with Crippen LogP contribution in [-0.4, -0.2) is 11.5 Å². The van der Waals surface area contributed by atoms with E-state index >= 15 is 0 Å². The standard InChI is InChI=1S/C14H11F3N2.ClH/c15-8-5-13(17)14(19-6-8)10-1-2-12(16)9-3-4-18-7-11(9)10;/h1-2,5-6,18H,3-4,7H2;1H. The smallest absolute Gasteiger partial charge is 0.152 e. The average molecular weight is 301 g/mol. The van der Waals surface area contributed by atoms with Crippen molar-refractivity contribution in [2.45, 2.75) is 13.0 Å². The molecule has 2 aromatic rings. The van der Waals surface area contributed by atoms with Crippen LogP contribution in [0.3, 0.4) is 0 Å². The molecule has 0 unspecified atom stereocenters. The fourth-order valence-corrected chi connectivity index (χ4v) is 2.40. The maximum Gasteiger partial charge on any atom is 0.152 e. The van der Waals surface area contributed by atoms with Crippen LogP contribution in [0.5, 0.6) is 0 Å². The van der Waals surface area contributed by atoms with Gasteiger partial charge in [0.1, 0.15) is 17.3 Å². The summed E-state index contributed by atoms with van der Waals surface area (Å²) < 4.78 is 40.4. The van der Waals surface area contributed by atoms with Crippen molar-refractivity contribution in [3.05, 3.63) is 53.0 Å². The molecule has 20 heavy (non-hydrogen) atoms. The van der Waals surface area contributed by atoms with Gasteiger partial charge in [0.2, 0.25) is 0 Å². The Balaban J connectivity index is 0.00000147. The lowest BCUT2D eigenvalue weighted by Gasteiger charge is -2.21. The van der Waals surface area contributed by atoms with E-state index in [9.17, 15) is 13.2 Å². The molecule has 0 saturated heterocycles. The fraction of sp³-hybridized carbons (Fsp3) is 0.214. The number of nitrogens with one attached hydrogen (secondary N) is 1. The maximum absolute atomic E-state index is 13.8. The first kappa shape index (κ1) is 14.8. The van der Waals surface area contributed by atoms with Crippen molar-refractivity contribution in [3.8, 4) is 11.3 Å². The summed E-state index contributed by atoms with van der Waals surface area (Å²) in [4.78, 5) is 3.79. The molecule has 2 nitrogen and oxygen atoms in total. The van der Waals surface area contributed by atoms with Crippen molar-refractivity contribution in [3.63, 3.8) is 0 Å². The van der Waals surface area contributed by atoms with Gasteiger partial charge in [0.05, 0.1) is 6.20 Å². The SMILES string of the molecule is Cl.Fc1cnc(-c2ccc(F)c3c2CNCC3)c(F)c1. The van der Waals surface area contributed by atoms with E-state index in [-0.39, 0.29) is 23.9 Å². The van der Waals surface area contributed by atoms with Crippen LogP contribution in [0.2, 0.25) is 0 Å². The Bertz CT molecular complexity index is 647. The van der Waals surface area contributed by atoms with Gasteiger partial charge < -0.3 is 5.32 Å². The second-order valence-corrected chi connectivity index (χ2v) is 4.46. The molecule has 1 aliphatic rings. The van der Waals surface area contributed by atoms with E-state index in [1.807, 2.05) is 0 Å². The first-order valence-electron chi connectivity index (χ1n) is 5.99. The third kappa shape index (κ3) is 2.51. The van der Waals surface area contributed by atoms with E-state index < -0.39 is 11.6 Å². The molecule has 0 amide bonds. The molecule has 2 heterocycles. The molecule has 0 spiro atoms. The molecule has 0 bridgehead atoms. The molecule has 1 aromatic carbocycles. The van der Waals surface area contributed by atoms with Gasteiger partial charge in [-0.1, -0.05) is 0 Å². The minimum Gasteiger partial charge on any atom is -0.312 e. The number of aromatic nitrogens is 1. The van der Waals surface area contributed by atoms with Gasteiger partial charge in [-0.3, -0.25) is 4.98 Å². The van der Waals surface area contributed by atoms with Gasteiger partial charge in [0.15, 0.2) is 5.82 Å². The Hall–Kier alpha value is -1.59. The third-order valence-corrected chi connectivity index (χ3v) is 3.29. The van der Waals surface area contributed by atoms with Gasteiger partial charge in [0.25, 0.3) is 0 Å². The predicted molar refractivity (Wildman–Crippen MR) is 72.2 cm³/mol. The molecule has 1 aliphatic heterocycles. The summed E-state index contributed by atoms with van der Waals surface area (Å²) in [5, 5.41) is 3.12. The summed E-state index contributed by atoms with van der Waals surface area (Å²) in [5.74, 6) is -1.75. The fourth-order valence-electron chi connectivity index (χ4n) is 2.40. The summed E-state index contributed by atoms with van der Waals surface area (Å²) in [7, 11) is 0. The zero-order valence-corrected chi connectivity index (χ0v) is 11.2. The molecule has 0 saturated carbocycles. The average Bonchev–Trinajstić information content (AvgIpc) is 2.41. The van der Waals surface area contributed by atoms with E-state index in [1.165, 1.54) is 12.1 Å². The summed E-state index contributed by atoms with van der Waals surface area (Å²) in [6, 6.07) is 3.59. The van der Waals surface area contributed by atoms with Crippen molar-refractivity contribution in [2.24, 2.45) is 0 Å². The highest BCUT2D eigenvalue weighted by Gasteiger charge is 2.20. The monoisotopic (exact) mass is 300 g/mol. The maximum atomic E-state index is 13.8. The van der Waals surface area contributed by atoms with Gasteiger partial charge in [-0.05, 0) is 36.2 Å². The summed E-state index contributed by atoms with van der Waals surface area (Å²) in [5.41, 5.74) is 1.86. The third-order valence-electron chi connectivity index (χ3n) is 3.29. The highest BCUT2D eigenvalue weighted by molar-refractivity contribution is 5.85. The van der Waals surface area contributed by atoms with Gasteiger partial charge in [0, 0.05) is 18.2 Å². The minimum atomic E-state index is -0.737. The second-order valence-electron chi connectivity index (χ2n) is 4.46. The Morgan fingerprint density at radius 2 is 1.85 bits per heavy atom. The van der Waals surface area contributed by atoms with E-state index in [1.54, 1.807) is 0 Å². The number of fused-ring (bicyclic) bond motifs is 1. The summed E-state index contributed by atoms with van der Waals surface area (Å²) in [6.45, 7) is 1.15. The first-order valence-corrected chi connectivity index (χ1v) is 5.99. The molecule has 0 fully saturated rings. The predicted octanol–water partition coefficient (Wildman–Crippen LogP) is 3.23. The molecule has 1 N–H and O–H groups in total. The molecule has 1 aromatic heterocycles. The second kappa shape index (κ2) is 5.81. The number of benzene rings is 1. The number of rotatable bonds is 1. The zero-order chi connectivity index (χ0) is 13.4. The van der Waals surface area contributed by atoms with Crippen LogP contribution in [-0.2, 0) is 13.0 Å². The van der Waals surface area contributed by atoms with Crippen molar-refractivity contribution >= 4 is 12.4 Å². The van der Waals surface area contributed by atoms with E-state index in [0.29, 0.717) is 36.2 Å². The molecule has 0 radical (unpaired) electrons. The van der Waals surface area contributed by atoms with Crippen molar-refractivity contribution in [2.75, 3.05) is 6.54 Å². The van der Waals surface area contributed by atoms with Crippen molar-refractivity contribution < 1.29 is 13.2 Å². The highest BCUT2D eigenvalue weighted by Crippen LogP contribution is 2.30. The molecule has 6 heteroatoms. The lowest BCUT2D eigenvalue weighted by molar-refractivity contribution is 0.565. The summed E-state index contributed by atoms with van der Waals surface area (Å²) in [6.07, 6.45) is 1.52. The Morgan fingerprint density at radius 1 is 1.05 bits per heavy atom. The molecule has 0 atom stereocenters. The number of nitrogens with zero attached hydrogens (tertiary/aromatic N) is 1. The normalized spacial score (nSPS) is 13.6. The Kier molecular flexibility index (Phi) is 4.30. The molecular formula is C14H12ClF3N2. The van der Waals surface area contributed by atoms with E-state index in [4.69, 9.17) is 0 Å². The Labute approximate surface area is 120 Å².